The molecule has 2 fully saturated rings. The van der Waals surface area contributed by atoms with Crippen LogP contribution in [0.3, 0.4) is 0 Å². The van der Waals surface area contributed by atoms with Gasteiger partial charge in [-0.2, -0.15) is 0 Å². The van der Waals surface area contributed by atoms with E-state index in [1.807, 2.05) is 12.1 Å². The van der Waals surface area contributed by atoms with E-state index in [9.17, 15) is 4.79 Å². The first-order valence-corrected chi connectivity index (χ1v) is 7.51. The number of carbonyl (C=O) groups is 1. The van der Waals surface area contributed by atoms with Crippen LogP contribution in [0.25, 0.3) is 0 Å². The van der Waals surface area contributed by atoms with Crippen LogP contribution in [-0.2, 0) is 11.2 Å². The molecule has 0 unspecified atom stereocenters. The molecule has 2 aliphatic rings. The number of rotatable bonds is 4. The smallest absolute Gasteiger partial charge is 0.220 e. The molecule has 0 spiro atoms. The lowest BCUT2D eigenvalue weighted by atomic mass is 9.97. The van der Waals surface area contributed by atoms with Crippen molar-refractivity contribution in [2.45, 2.75) is 51.0 Å². The molecule has 1 amide bonds. The van der Waals surface area contributed by atoms with E-state index in [4.69, 9.17) is 0 Å². The standard InChI is InChI=1S/C16H22N2O/c19-16(7-4-12-8-10-17-11-9-12)18-15-6-5-13-2-1-3-14(13)15/h8-11,13-15H,1-7H2,(H,18,19)/t13-,14-,15-/m0/s1. The van der Waals surface area contributed by atoms with Gasteiger partial charge in [0.2, 0.25) is 5.91 Å². The highest BCUT2D eigenvalue weighted by Gasteiger charge is 2.39. The molecule has 0 aromatic carbocycles. The van der Waals surface area contributed by atoms with Crippen LogP contribution in [0.2, 0.25) is 0 Å². The number of fused-ring (bicyclic) bond motifs is 1. The summed E-state index contributed by atoms with van der Waals surface area (Å²) < 4.78 is 0. The first-order valence-electron chi connectivity index (χ1n) is 7.51. The fraction of sp³-hybridized carbons (Fsp3) is 0.625. The molecule has 0 saturated heterocycles. The van der Waals surface area contributed by atoms with Gasteiger partial charge in [0.25, 0.3) is 0 Å². The summed E-state index contributed by atoms with van der Waals surface area (Å²) in [5, 5.41) is 3.27. The molecule has 3 atom stereocenters. The maximum absolute atomic E-state index is 12.0. The maximum atomic E-state index is 12.0. The zero-order valence-corrected chi connectivity index (χ0v) is 11.3. The molecule has 1 N–H and O–H groups in total. The highest BCUT2D eigenvalue weighted by Crippen LogP contribution is 2.43. The van der Waals surface area contributed by atoms with Gasteiger partial charge >= 0.3 is 0 Å². The number of hydrogen-bond acceptors (Lipinski definition) is 2. The van der Waals surface area contributed by atoms with Crippen molar-refractivity contribution in [1.29, 1.82) is 0 Å². The van der Waals surface area contributed by atoms with E-state index in [-0.39, 0.29) is 5.91 Å². The van der Waals surface area contributed by atoms with Crippen molar-refractivity contribution in [1.82, 2.24) is 10.3 Å². The number of aryl methyl sites for hydroxylation is 1. The third-order valence-electron chi connectivity index (χ3n) is 4.82. The molecule has 1 aromatic heterocycles. The number of hydrogen-bond donors (Lipinski definition) is 1. The van der Waals surface area contributed by atoms with Crippen LogP contribution in [0, 0.1) is 11.8 Å². The van der Waals surface area contributed by atoms with Crippen molar-refractivity contribution < 1.29 is 4.79 Å². The Balaban J connectivity index is 1.46. The Morgan fingerprint density at radius 3 is 2.89 bits per heavy atom. The van der Waals surface area contributed by atoms with E-state index in [0.29, 0.717) is 12.5 Å². The molecule has 1 aromatic rings. The summed E-state index contributed by atoms with van der Waals surface area (Å²) in [6, 6.07) is 4.42. The Kier molecular flexibility index (Phi) is 3.81. The predicted molar refractivity (Wildman–Crippen MR) is 74.6 cm³/mol. The Morgan fingerprint density at radius 2 is 2.05 bits per heavy atom. The van der Waals surface area contributed by atoms with E-state index >= 15 is 0 Å². The van der Waals surface area contributed by atoms with Crippen molar-refractivity contribution in [2.24, 2.45) is 11.8 Å². The maximum Gasteiger partial charge on any atom is 0.220 e. The zero-order chi connectivity index (χ0) is 13.1. The fourth-order valence-corrected chi connectivity index (χ4v) is 3.83. The second-order valence-electron chi connectivity index (χ2n) is 5.96. The molecule has 102 valence electrons. The van der Waals surface area contributed by atoms with Crippen LogP contribution >= 0.6 is 0 Å². The molecule has 19 heavy (non-hydrogen) atoms. The van der Waals surface area contributed by atoms with Crippen molar-refractivity contribution in [3.8, 4) is 0 Å². The number of nitrogens with zero attached hydrogens (tertiary/aromatic N) is 1. The predicted octanol–water partition coefficient (Wildman–Crippen LogP) is 2.71. The Hall–Kier alpha value is -1.38. The molecule has 1 heterocycles. The van der Waals surface area contributed by atoms with Crippen LogP contribution in [0.4, 0.5) is 0 Å². The average molecular weight is 258 g/mol. The first-order chi connectivity index (χ1) is 9.33. The summed E-state index contributed by atoms with van der Waals surface area (Å²) in [6.45, 7) is 0. The molecular weight excluding hydrogens is 236 g/mol. The molecule has 3 nitrogen and oxygen atoms in total. The summed E-state index contributed by atoms with van der Waals surface area (Å²) in [6.07, 6.45) is 11.6. The summed E-state index contributed by atoms with van der Waals surface area (Å²) in [5.74, 6) is 1.88. The van der Waals surface area contributed by atoms with Crippen LogP contribution < -0.4 is 5.32 Å². The molecule has 0 bridgehead atoms. The van der Waals surface area contributed by atoms with Crippen molar-refractivity contribution in [2.75, 3.05) is 0 Å². The highest BCUT2D eigenvalue weighted by atomic mass is 16.1. The molecule has 3 rings (SSSR count). The zero-order valence-electron chi connectivity index (χ0n) is 11.3. The minimum atomic E-state index is 0.217. The number of aromatic nitrogens is 1. The Bertz CT molecular complexity index is 432. The second kappa shape index (κ2) is 5.72. The third kappa shape index (κ3) is 2.96. The van der Waals surface area contributed by atoms with Crippen molar-refractivity contribution >= 4 is 5.91 Å². The third-order valence-corrected chi connectivity index (χ3v) is 4.82. The first kappa shape index (κ1) is 12.6. The van der Waals surface area contributed by atoms with Gasteiger partial charge in [0.15, 0.2) is 0 Å². The van der Waals surface area contributed by atoms with E-state index in [2.05, 4.69) is 10.3 Å². The summed E-state index contributed by atoms with van der Waals surface area (Å²) in [5.41, 5.74) is 1.19. The van der Waals surface area contributed by atoms with Gasteiger partial charge in [0.05, 0.1) is 0 Å². The van der Waals surface area contributed by atoms with Crippen LogP contribution in [0.5, 0.6) is 0 Å². The van der Waals surface area contributed by atoms with Gasteiger partial charge in [-0.3, -0.25) is 9.78 Å². The topological polar surface area (TPSA) is 42.0 Å². The van der Waals surface area contributed by atoms with Crippen molar-refractivity contribution in [3.63, 3.8) is 0 Å². The van der Waals surface area contributed by atoms with Crippen LogP contribution in [0.15, 0.2) is 24.5 Å². The SMILES string of the molecule is O=C(CCc1ccncc1)N[C@H]1CC[C@@H]2CCC[C@@H]21. The van der Waals surface area contributed by atoms with E-state index in [1.54, 1.807) is 12.4 Å². The minimum absolute atomic E-state index is 0.217. The summed E-state index contributed by atoms with van der Waals surface area (Å²) in [7, 11) is 0. The van der Waals surface area contributed by atoms with Crippen LogP contribution in [0.1, 0.15) is 44.1 Å². The summed E-state index contributed by atoms with van der Waals surface area (Å²) in [4.78, 5) is 16.0. The summed E-state index contributed by atoms with van der Waals surface area (Å²) >= 11 is 0. The van der Waals surface area contributed by atoms with Gasteiger partial charge in [-0.25, -0.2) is 0 Å². The lowest BCUT2D eigenvalue weighted by molar-refractivity contribution is -0.122. The highest BCUT2D eigenvalue weighted by molar-refractivity contribution is 5.76. The average Bonchev–Trinajstić information content (AvgIpc) is 3.03. The van der Waals surface area contributed by atoms with Crippen molar-refractivity contribution in [3.05, 3.63) is 30.1 Å². The number of amides is 1. The van der Waals surface area contributed by atoms with E-state index in [1.165, 1.54) is 37.7 Å². The van der Waals surface area contributed by atoms with Gasteiger partial charge in [0, 0.05) is 24.9 Å². The molecule has 0 radical (unpaired) electrons. The largest absolute Gasteiger partial charge is 0.353 e. The van der Waals surface area contributed by atoms with Crippen LogP contribution in [-0.4, -0.2) is 16.9 Å². The van der Waals surface area contributed by atoms with Gasteiger partial charge in [-0.05, 0) is 55.2 Å². The van der Waals surface area contributed by atoms with Gasteiger partial charge < -0.3 is 5.32 Å². The van der Waals surface area contributed by atoms with Gasteiger partial charge in [0.1, 0.15) is 0 Å². The van der Waals surface area contributed by atoms with Gasteiger partial charge in [-0.15, -0.1) is 0 Å². The monoisotopic (exact) mass is 258 g/mol. The fourth-order valence-electron chi connectivity index (χ4n) is 3.83. The normalized spacial score (nSPS) is 29.2. The molecular formula is C16H22N2O. The van der Waals surface area contributed by atoms with E-state index < -0.39 is 0 Å². The second-order valence-corrected chi connectivity index (χ2v) is 5.96. The molecule has 0 aliphatic heterocycles. The molecule has 3 heteroatoms. The number of nitrogens with one attached hydrogen (secondary N) is 1. The van der Waals surface area contributed by atoms with E-state index in [0.717, 1.165) is 18.3 Å². The molecule has 2 saturated carbocycles. The number of pyridine rings is 1. The lowest BCUT2D eigenvalue weighted by Gasteiger charge is -2.20. The quantitative estimate of drug-likeness (QED) is 0.902. The Labute approximate surface area is 114 Å². The minimum Gasteiger partial charge on any atom is -0.353 e. The number of carbonyl (C=O) groups excluding carboxylic acids is 1. The molecule has 2 aliphatic carbocycles. The van der Waals surface area contributed by atoms with Gasteiger partial charge in [-0.1, -0.05) is 12.8 Å². The Morgan fingerprint density at radius 1 is 1.21 bits per heavy atom. The lowest BCUT2D eigenvalue weighted by Crippen LogP contribution is -2.37.